The van der Waals surface area contributed by atoms with Crippen molar-refractivity contribution in [2.24, 2.45) is 5.92 Å². The van der Waals surface area contributed by atoms with Gasteiger partial charge < -0.3 is 15.0 Å². The van der Waals surface area contributed by atoms with Crippen molar-refractivity contribution in [3.8, 4) is 0 Å². The number of β-amino-alcohol motifs (C(OH)–C–C–N with tert-alkyl or cyclic N) is 1. The summed E-state index contributed by atoms with van der Waals surface area (Å²) in [5.74, 6) is -0.363. The number of nitrogens with one attached hydrogen (secondary N) is 2. The molecular formula is C19H24N4O3. The fourth-order valence-corrected chi connectivity index (χ4v) is 4.07. The number of aromatic nitrogens is 3. The van der Waals surface area contributed by atoms with Crippen LogP contribution < -0.4 is 5.56 Å². The topological polar surface area (TPSA) is 102 Å². The number of aliphatic hydroxyl groups is 1. The van der Waals surface area contributed by atoms with Crippen molar-refractivity contribution in [2.45, 2.75) is 45.1 Å². The molecule has 3 N–H and O–H groups in total. The SMILES string of the molecule is Cc1cc(C[C@@H]2CN(C(=O)c3cc4c([nH]c3=O)CCCC4)C[C@H]2O)n[nH]1. The van der Waals surface area contributed by atoms with Crippen LogP contribution >= 0.6 is 0 Å². The summed E-state index contributed by atoms with van der Waals surface area (Å²) in [5, 5.41) is 17.5. The number of likely N-dealkylation sites (tertiary alicyclic amines) is 1. The Kier molecular flexibility index (Phi) is 4.40. The van der Waals surface area contributed by atoms with E-state index in [4.69, 9.17) is 0 Å². The second-order valence-corrected chi connectivity index (χ2v) is 7.51. The number of aliphatic hydroxyl groups excluding tert-OH is 1. The summed E-state index contributed by atoms with van der Waals surface area (Å²) in [6, 6.07) is 3.71. The molecule has 2 aromatic rings. The summed E-state index contributed by atoms with van der Waals surface area (Å²) in [6.45, 7) is 2.62. The molecule has 1 amide bonds. The molecule has 3 heterocycles. The molecule has 2 aromatic heterocycles. The van der Waals surface area contributed by atoms with Crippen molar-refractivity contribution in [3.63, 3.8) is 0 Å². The zero-order chi connectivity index (χ0) is 18.3. The summed E-state index contributed by atoms with van der Waals surface area (Å²) >= 11 is 0. The van der Waals surface area contributed by atoms with Gasteiger partial charge in [-0.2, -0.15) is 5.10 Å². The van der Waals surface area contributed by atoms with Gasteiger partial charge in [-0.15, -0.1) is 0 Å². The maximum absolute atomic E-state index is 12.9. The van der Waals surface area contributed by atoms with Gasteiger partial charge in [0.2, 0.25) is 0 Å². The Labute approximate surface area is 151 Å². The Morgan fingerprint density at radius 2 is 2.12 bits per heavy atom. The fourth-order valence-electron chi connectivity index (χ4n) is 4.07. The Hall–Kier alpha value is -2.41. The molecular weight excluding hydrogens is 332 g/mol. The van der Waals surface area contributed by atoms with Gasteiger partial charge in [0, 0.05) is 30.4 Å². The predicted octanol–water partition coefficient (Wildman–Crippen LogP) is 0.961. The van der Waals surface area contributed by atoms with Crippen LogP contribution in [0.4, 0.5) is 0 Å². The third-order valence-corrected chi connectivity index (χ3v) is 5.49. The number of carbonyl (C=O) groups excluding carboxylic acids is 1. The van der Waals surface area contributed by atoms with E-state index in [0.717, 1.165) is 48.3 Å². The quantitative estimate of drug-likeness (QED) is 0.762. The van der Waals surface area contributed by atoms with Gasteiger partial charge in [-0.05, 0) is 56.7 Å². The Bertz CT molecular complexity index is 885. The maximum Gasteiger partial charge on any atom is 0.261 e. The van der Waals surface area contributed by atoms with Gasteiger partial charge in [0.15, 0.2) is 0 Å². The highest BCUT2D eigenvalue weighted by Gasteiger charge is 2.35. The van der Waals surface area contributed by atoms with E-state index < -0.39 is 6.10 Å². The van der Waals surface area contributed by atoms with Crippen molar-refractivity contribution in [3.05, 3.63) is 50.7 Å². The zero-order valence-corrected chi connectivity index (χ0v) is 14.9. The molecule has 0 saturated carbocycles. The molecule has 1 aliphatic heterocycles. The lowest BCUT2D eigenvalue weighted by Gasteiger charge is -2.19. The summed E-state index contributed by atoms with van der Waals surface area (Å²) in [5.41, 5.74) is 3.76. The molecule has 2 atom stereocenters. The third kappa shape index (κ3) is 3.19. The lowest BCUT2D eigenvalue weighted by atomic mass is 9.95. The van der Waals surface area contributed by atoms with Crippen LogP contribution in [-0.2, 0) is 19.3 Å². The van der Waals surface area contributed by atoms with Gasteiger partial charge in [0.25, 0.3) is 11.5 Å². The monoisotopic (exact) mass is 356 g/mol. The molecule has 0 radical (unpaired) electrons. The van der Waals surface area contributed by atoms with E-state index >= 15 is 0 Å². The zero-order valence-electron chi connectivity index (χ0n) is 14.9. The number of carbonyl (C=O) groups is 1. The minimum Gasteiger partial charge on any atom is -0.391 e. The minimum atomic E-state index is -0.604. The number of H-pyrrole nitrogens is 2. The molecule has 4 rings (SSSR count). The lowest BCUT2D eigenvalue weighted by Crippen LogP contribution is -2.34. The smallest absolute Gasteiger partial charge is 0.261 e. The summed E-state index contributed by atoms with van der Waals surface area (Å²) in [4.78, 5) is 29.7. The van der Waals surface area contributed by atoms with Crippen LogP contribution in [0.2, 0.25) is 0 Å². The summed E-state index contributed by atoms with van der Waals surface area (Å²) < 4.78 is 0. The van der Waals surface area contributed by atoms with Gasteiger partial charge in [-0.3, -0.25) is 14.7 Å². The first kappa shape index (κ1) is 17.0. The summed E-state index contributed by atoms with van der Waals surface area (Å²) in [6.07, 6.45) is 3.93. The molecule has 7 nitrogen and oxygen atoms in total. The van der Waals surface area contributed by atoms with E-state index in [0.29, 0.717) is 13.0 Å². The molecule has 26 heavy (non-hydrogen) atoms. The highest BCUT2D eigenvalue weighted by Crippen LogP contribution is 2.24. The van der Waals surface area contributed by atoms with E-state index in [1.165, 1.54) is 0 Å². The fraction of sp³-hybridized carbons (Fsp3) is 0.526. The molecule has 2 aliphatic rings. The Morgan fingerprint density at radius 1 is 1.31 bits per heavy atom. The number of fused-ring (bicyclic) bond motifs is 1. The van der Waals surface area contributed by atoms with E-state index in [2.05, 4.69) is 15.2 Å². The van der Waals surface area contributed by atoms with Gasteiger partial charge >= 0.3 is 0 Å². The van der Waals surface area contributed by atoms with Crippen LogP contribution in [0.15, 0.2) is 16.9 Å². The van der Waals surface area contributed by atoms with Crippen molar-refractivity contribution in [1.82, 2.24) is 20.1 Å². The molecule has 0 unspecified atom stereocenters. The van der Waals surface area contributed by atoms with Crippen molar-refractivity contribution >= 4 is 5.91 Å². The van der Waals surface area contributed by atoms with E-state index in [1.807, 2.05) is 13.0 Å². The van der Waals surface area contributed by atoms with E-state index in [1.54, 1.807) is 11.0 Å². The first-order chi connectivity index (χ1) is 12.5. The van der Waals surface area contributed by atoms with Crippen LogP contribution in [0.5, 0.6) is 0 Å². The van der Waals surface area contributed by atoms with Gasteiger partial charge in [-0.1, -0.05) is 0 Å². The minimum absolute atomic E-state index is 0.0710. The van der Waals surface area contributed by atoms with E-state index in [9.17, 15) is 14.7 Å². The number of aromatic amines is 2. The van der Waals surface area contributed by atoms with Crippen molar-refractivity contribution in [2.75, 3.05) is 13.1 Å². The number of amides is 1. The van der Waals surface area contributed by atoms with Crippen LogP contribution in [0, 0.1) is 12.8 Å². The average molecular weight is 356 g/mol. The average Bonchev–Trinajstić information content (AvgIpc) is 3.20. The Balaban J connectivity index is 1.51. The van der Waals surface area contributed by atoms with Crippen LogP contribution in [0.3, 0.4) is 0 Å². The molecule has 0 bridgehead atoms. The normalized spacial score (nSPS) is 22.5. The first-order valence-corrected chi connectivity index (χ1v) is 9.24. The highest BCUT2D eigenvalue weighted by atomic mass is 16.3. The third-order valence-electron chi connectivity index (χ3n) is 5.49. The number of aryl methyl sites for hydroxylation is 3. The maximum atomic E-state index is 12.9. The second-order valence-electron chi connectivity index (χ2n) is 7.51. The number of hydrogen-bond donors (Lipinski definition) is 3. The van der Waals surface area contributed by atoms with Gasteiger partial charge in [0.05, 0.1) is 11.8 Å². The molecule has 1 fully saturated rings. The molecule has 1 aliphatic carbocycles. The molecule has 0 aromatic carbocycles. The lowest BCUT2D eigenvalue weighted by molar-refractivity contribution is 0.0762. The number of pyridine rings is 1. The second kappa shape index (κ2) is 6.72. The predicted molar refractivity (Wildman–Crippen MR) is 96.1 cm³/mol. The van der Waals surface area contributed by atoms with Crippen molar-refractivity contribution in [1.29, 1.82) is 0 Å². The van der Waals surface area contributed by atoms with Gasteiger partial charge in [-0.25, -0.2) is 0 Å². The van der Waals surface area contributed by atoms with E-state index in [-0.39, 0.29) is 29.5 Å². The van der Waals surface area contributed by atoms with Crippen molar-refractivity contribution < 1.29 is 9.90 Å². The molecule has 1 saturated heterocycles. The highest BCUT2D eigenvalue weighted by molar-refractivity contribution is 5.94. The van der Waals surface area contributed by atoms with Crippen LogP contribution in [0.25, 0.3) is 0 Å². The molecule has 138 valence electrons. The summed E-state index contributed by atoms with van der Waals surface area (Å²) in [7, 11) is 0. The number of rotatable bonds is 3. The van der Waals surface area contributed by atoms with Crippen LogP contribution in [0.1, 0.15) is 45.8 Å². The number of hydrogen-bond acceptors (Lipinski definition) is 4. The largest absolute Gasteiger partial charge is 0.391 e. The van der Waals surface area contributed by atoms with Gasteiger partial charge in [0.1, 0.15) is 5.56 Å². The molecule has 7 heteroatoms. The van der Waals surface area contributed by atoms with Crippen LogP contribution in [-0.4, -0.2) is 50.3 Å². The number of nitrogens with zero attached hydrogens (tertiary/aromatic N) is 2. The standard InChI is InChI=1S/C19H24N4O3/c1-11-6-14(22-21-11)7-13-9-23(10-17(13)24)19(26)15-8-12-4-2-3-5-16(12)20-18(15)25/h6,8,13,17,24H,2-5,7,9-10H2,1H3,(H,20,25)(H,21,22)/t13-,17-/m1/s1. The molecule has 0 spiro atoms. The Morgan fingerprint density at radius 3 is 2.88 bits per heavy atom. The first-order valence-electron chi connectivity index (χ1n) is 9.24.